The maximum atomic E-state index is 13.3. The van der Waals surface area contributed by atoms with Crippen molar-refractivity contribution in [3.05, 3.63) is 39.9 Å². The van der Waals surface area contributed by atoms with Crippen molar-refractivity contribution in [1.82, 2.24) is 15.3 Å². The van der Waals surface area contributed by atoms with Crippen LogP contribution in [0.3, 0.4) is 0 Å². The third kappa shape index (κ3) is 2.49. The molecule has 1 aromatic heterocycles. The van der Waals surface area contributed by atoms with E-state index in [9.17, 15) is 9.18 Å². The van der Waals surface area contributed by atoms with Crippen LogP contribution in [0.2, 0.25) is 0 Å². The van der Waals surface area contributed by atoms with E-state index < -0.39 is 5.95 Å². The summed E-state index contributed by atoms with van der Waals surface area (Å²) < 4.78 is 13.3. The van der Waals surface area contributed by atoms with E-state index >= 15 is 0 Å². The van der Waals surface area contributed by atoms with E-state index in [1.807, 2.05) is 13.0 Å². The Labute approximate surface area is 128 Å². The van der Waals surface area contributed by atoms with Crippen molar-refractivity contribution in [1.29, 1.82) is 0 Å². The summed E-state index contributed by atoms with van der Waals surface area (Å²) in [5, 5.41) is 2.87. The minimum Gasteiger partial charge on any atom is -0.382 e. The largest absolute Gasteiger partial charge is 0.382 e. The number of anilines is 1. The van der Waals surface area contributed by atoms with E-state index in [0.29, 0.717) is 16.8 Å². The molecule has 0 spiro atoms. The van der Waals surface area contributed by atoms with Gasteiger partial charge in [-0.05, 0) is 47.0 Å². The Hall–Kier alpha value is -2.02. The van der Waals surface area contributed by atoms with Gasteiger partial charge in [0.15, 0.2) is 10.4 Å². The van der Waals surface area contributed by atoms with Crippen molar-refractivity contribution >= 4 is 27.7 Å². The molecule has 1 unspecified atom stereocenters. The number of nitrogen functional groups attached to an aromatic ring is 1. The Balaban J connectivity index is 2.11. The summed E-state index contributed by atoms with van der Waals surface area (Å²) in [7, 11) is 0. The summed E-state index contributed by atoms with van der Waals surface area (Å²) >= 11 is 3.00. The quantitative estimate of drug-likeness (QED) is 0.826. The standard InChI is InChI=1S/C14H12BrFN4O/c1-6-4-8-5-7(2-3-9(8)14(21)18-6)10-13(17)20-12(16)11(15)19-10/h2-3,5-6H,4H2,1H3,(H2,17,20)(H,18,21). The SMILES string of the molecule is CC1Cc2cc(-c3nc(Br)c(F)nc3N)ccc2C(=O)N1. The summed E-state index contributed by atoms with van der Waals surface area (Å²) in [6.07, 6.45) is 0.727. The lowest BCUT2D eigenvalue weighted by molar-refractivity contribution is 0.0929. The lowest BCUT2D eigenvalue weighted by atomic mass is 9.93. The van der Waals surface area contributed by atoms with Crippen molar-refractivity contribution < 1.29 is 9.18 Å². The summed E-state index contributed by atoms with van der Waals surface area (Å²) in [5.41, 5.74) is 8.41. The summed E-state index contributed by atoms with van der Waals surface area (Å²) in [6.45, 7) is 1.94. The molecule has 3 rings (SSSR count). The number of amides is 1. The molecule has 0 saturated heterocycles. The Bertz CT molecular complexity index is 750. The van der Waals surface area contributed by atoms with Crippen LogP contribution >= 0.6 is 15.9 Å². The topological polar surface area (TPSA) is 80.9 Å². The highest BCUT2D eigenvalue weighted by atomic mass is 79.9. The molecule has 2 heterocycles. The maximum Gasteiger partial charge on any atom is 0.251 e. The zero-order chi connectivity index (χ0) is 15.1. The van der Waals surface area contributed by atoms with Gasteiger partial charge in [-0.25, -0.2) is 4.98 Å². The first-order valence-corrected chi connectivity index (χ1v) is 7.17. The number of hydrogen-bond donors (Lipinski definition) is 2. The van der Waals surface area contributed by atoms with Gasteiger partial charge in [-0.15, -0.1) is 0 Å². The van der Waals surface area contributed by atoms with E-state index in [4.69, 9.17) is 5.73 Å². The zero-order valence-electron chi connectivity index (χ0n) is 11.2. The molecule has 5 nitrogen and oxygen atoms in total. The monoisotopic (exact) mass is 350 g/mol. The highest BCUT2D eigenvalue weighted by molar-refractivity contribution is 9.10. The van der Waals surface area contributed by atoms with Crippen molar-refractivity contribution in [3.63, 3.8) is 0 Å². The number of nitrogens with two attached hydrogens (primary N) is 1. The van der Waals surface area contributed by atoms with Crippen LogP contribution in [0, 0.1) is 5.95 Å². The molecule has 0 bridgehead atoms. The van der Waals surface area contributed by atoms with Crippen molar-refractivity contribution in [2.24, 2.45) is 0 Å². The summed E-state index contributed by atoms with van der Waals surface area (Å²) in [4.78, 5) is 19.6. The van der Waals surface area contributed by atoms with Crippen LogP contribution in [0.4, 0.5) is 10.2 Å². The summed E-state index contributed by atoms with van der Waals surface area (Å²) in [5.74, 6) is -0.819. The first-order valence-electron chi connectivity index (χ1n) is 6.38. The van der Waals surface area contributed by atoms with Gasteiger partial charge in [0.05, 0.1) is 0 Å². The Morgan fingerprint density at radius 1 is 1.43 bits per heavy atom. The van der Waals surface area contributed by atoms with Crippen LogP contribution in [0.15, 0.2) is 22.8 Å². The fourth-order valence-electron chi connectivity index (χ4n) is 2.43. The molecule has 3 N–H and O–H groups in total. The minimum atomic E-state index is -0.748. The van der Waals surface area contributed by atoms with Crippen LogP contribution in [0.25, 0.3) is 11.3 Å². The molecule has 7 heteroatoms. The third-order valence-electron chi connectivity index (χ3n) is 3.37. The fraction of sp³-hybridized carbons (Fsp3) is 0.214. The van der Waals surface area contributed by atoms with Crippen LogP contribution < -0.4 is 11.1 Å². The van der Waals surface area contributed by atoms with Gasteiger partial charge in [-0.3, -0.25) is 4.79 Å². The van der Waals surface area contributed by atoms with Gasteiger partial charge >= 0.3 is 0 Å². The Morgan fingerprint density at radius 3 is 2.95 bits per heavy atom. The highest BCUT2D eigenvalue weighted by Gasteiger charge is 2.22. The number of carbonyl (C=O) groups is 1. The van der Waals surface area contributed by atoms with Gasteiger partial charge in [-0.1, -0.05) is 6.07 Å². The normalized spacial score (nSPS) is 17.3. The molecule has 1 aromatic carbocycles. The molecule has 0 aliphatic carbocycles. The molecule has 1 amide bonds. The lowest BCUT2D eigenvalue weighted by Crippen LogP contribution is -2.39. The number of benzene rings is 1. The third-order valence-corrected chi connectivity index (χ3v) is 3.87. The number of nitrogens with zero attached hydrogens (tertiary/aromatic N) is 2. The lowest BCUT2D eigenvalue weighted by Gasteiger charge is -2.23. The number of nitrogens with one attached hydrogen (secondary N) is 1. The highest BCUT2D eigenvalue weighted by Crippen LogP contribution is 2.28. The predicted molar refractivity (Wildman–Crippen MR) is 80.2 cm³/mol. The number of halogens is 2. The van der Waals surface area contributed by atoms with Gasteiger partial charge in [-0.2, -0.15) is 9.37 Å². The average molecular weight is 351 g/mol. The molecule has 1 aliphatic rings. The van der Waals surface area contributed by atoms with Gasteiger partial charge in [0.25, 0.3) is 5.91 Å². The van der Waals surface area contributed by atoms with Crippen LogP contribution in [0.1, 0.15) is 22.8 Å². The number of rotatable bonds is 1. The molecular formula is C14H12BrFN4O. The van der Waals surface area contributed by atoms with E-state index in [-0.39, 0.29) is 22.4 Å². The smallest absolute Gasteiger partial charge is 0.251 e. The number of aromatic nitrogens is 2. The van der Waals surface area contributed by atoms with Crippen LogP contribution in [0.5, 0.6) is 0 Å². The molecule has 0 fully saturated rings. The Kier molecular flexibility index (Phi) is 3.36. The van der Waals surface area contributed by atoms with Crippen molar-refractivity contribution in [3.8, 4) is 11.3 Å². The van der Waals surface area contributed by atoms with Crippen LogP contribution in [-0.2, 0) is 6.42 Å². The van der Waals surface area contributed by atoms with Gasteiger partial charge in [0.1, 0.15) is 5.69 Å². The molecule has 1 atom stereocenters. The first kappa shape index (κ1) is 13.9. The predicted octanol–water partition coefficient (Wildman–Crippen LogP) is 2.30. The number of carbonyl (C=O) groups excluding carboxylic acids is 1. The van der Waals surface area contributed by atoms with Crippen molar-refractivity contribution in [2.45, 2.75) is 19.4 Å². The molecule has 2 aromatic rings. The number of hydrogen-bond acceptors (Lipinski definition) is 4. The molecule has 21 heavy (non-hydrogen) atoms. The van der Waals surface area contributed by atoms with Crippen molar-refractivity contribution in [2.75, 3.05) is 5.73 Å². The maximum absolute atomic E-state index is 13.3. The minimum absolute atomic E-state index is 0.00975. The van der Waals surface area contributed by atoms with E-state index in [2.05, 4.69) is 31.2 Å². The van der Waals surface area contributed by atoms with E-state index in [1.54, 1.807) is 12.1 Å². The van der Waals surface area contributed by atoms with Crippen LogP contribution in [-0.4, -0.2) is 21.9 Å². The average Bonchev–Trinajstić information content (AvgIpc) is 2.42. The molecule has 1 aliphatic heterocycles. The first-order chi connectivity index (χ1) is 9.95. The van der Waals surface area contributed by atoms with E-state index in [0.717, 1.165) is 12.0 Å². The van der Waals surface area contributed by atoms with Gasteiger partial charge in [0.2, 0.25) is 5.95 Å². The molecule has 0 saturated carbocycles. The molecular weight excluding hydrogens is 339 g/mol. The second-order valence-electron chi connectivity index (χ2n) is 4.99. The van der Waals surface area contributed by atoms with E-state index in [1.165, 1.54) is 0 Å². The Morgan fingerprint density at radius 2 is 2.19 bits per heavy atom. The second-order valence-corrected chi connectivity index (χ2v) is 5.74. The second kappa shape index (κ2) is 5.07. The van der Waals surface area contributed by atoms with Gasteiger partial charge < -0.3 is 11.1 Å². The molecule has 108 valence electrons. The van der Waals surface area contributed by atoms with Gasteiger partial charge in [0, 0.05) is 17.2 Å². The summed E-state index contributed by atoms with van der Waals surface area (Å²) in [6, 6.07) is 5.39. The number of fused-ring (bicyclic) bond motifs is 1. The zero-order valence-corrected chi connectivity index (χ0v) is 12.7. The molecule has 0 radical (unpaired) electrons. The fourth-order valence-corrected chi connectivity index (χ4v) is 2.70.